The summed E-state index contributed by atoms with van der Waals surface area (Å²) in [4.78, 5) is 30.8. The van der Waals surface area contributed by atoms with Crippen molar-refractivity contribution in [1.29, 1.82) is 0 Å². The topological polar surface area (TPSA) is 65.2 Å². The summed E-state index contributed by atoms with van der Waals surface area (Å²) in [6, 6.07) is 14.2. The SMILES string of the molecule is Cc1c(C(=O)NCCc2ccc(N3CCCC3C)cc2)[nH]c2ccc(Cl)cc2c1=O. The maximum Gasteiger partial charge on any atom is 0.268 e. The molecule has 156 valence electrons. The number of hydrogen-bond acceptors (Lipinski definition) is 3. The summed E-state index contributed by atoms with van der Waals surface area (Å²) >= 11 is 5.99. The summed E-state index contributed by atoms with van der Waals surface area (Å²) in [5, 5.41) is 3.91. The van der Waals surface area contributed by atoms with Gasteiger partial charge in [-0.1, -0.05) is 23.7 Å². The second kappa shape index (κ2) is 8.52. The van der Waals surface area contributed by atoms with E-state index < -0.39 is 0 Å². The van der Waals surface area contributed by atoms with Crippen molar-refractivity contribution in [2.75, 3.05) is 18.0 Å². The van der Waals surface area contributed by atoms with Gasteiger partial charge in [-0.3, -0.25) is 9.59 Å². The van der Waals surface area contributed by atoms with Crippen LogP contribution >= 0.6 is 11.6 Å². The number of rotatable bonds is 5. The number of benzene rings is 2. The van der Waals surface area contributed by atoms with Gasteiger partial charge in [0.1, 0.15) is 5.69 Å². The normalized spacial score (nSPS) is 16.2. The monoisotopic (exact) mass is 423 g/mol. The summed E-state index contributed by atoms with van der Waals surface area (Å²) in [5.74, 6) is -0.274. The smallest absolute Gasteiger partial charge is 0.268 e. The minimum absolute atomic E-state index is 0.178. The standard InChI is InChI=1S/C24H26ClN3O2/c1-15-4-3-13-28(15)19-8-5-17(6-9-19)11-12-26-24(30)22-16(2)23(29)20-14-18(25)7-10-21(20)27-22/h5-10,14-15H,3-4,11-13H2,1-2H3,(H,26,30)(H,27,29). The first-order valence-corrected chi connectivity index (χ1v) is 10.8. The number of fused-ring (bicyclic) bond motifs is 1. The molecule has 1 unspecified atom stereocenters. The highest BCUT2D eigenvalue weighted by Crippen LogP contribution is 2.25. The number of aromatic nitrogens is 1. The number of carbonyl (C=O) groups excluding carboxylic acids is 1. The molecule has 3 aromatic rings. The largest absolute Gasteiger partial charge is 0.369 e. The summed E-state index contributed by atoms with van der Waals surface area (Å²) in [6.07, 6.45) is 3.23. The number of anilines is 1. The number of H-pyrrole nitrogens is 1. The third kappa shape index (κ3) is 4.08. The molecule has 1 aromatic heterocycles. The van der Waals surface area contributed by atoms with Crippen molar-refractivity contribution in [1.82, 2.24) is 10.3 Å². The lowest BCUT2D eigenvalue weighted by atomic mass is 10.1. The van der Waals surface area contributed by atoms with Crippen molar-refractivity contribution in [2.45, 2.75) is 39.2 Å². The van der Waals surface area contributed by atoms with E-state index in [1.165, 1.54) is 24.1 Å². The van der Waals surface area contributed by atoms with Crippen LogP contribution in [0.3, 0.4) is 0 Å². The Morgan fingerprint density at radius 3 is 2.70 bits per heavy atom. The number of nitrogens with zero attached hydrogens (tertiary/aromatic N) is 1. The third-order valence-electron chi connectivity index (χ3n) is 5.95. The predicted molar refractivity (Wildman–Crippen MR) is 123 cm³/mol. The second-order valence-corrected chi connectivity index (χ2v) is 8.44. The molecule has 2 aromatic carbocycles. The molecule has 0 spiro atoms. The Kier molecular flexibility index (Phi) is 5.82. The molecule has 1 atom stereocenters. The zero-order valence-electron chi connectivity index (χ0n) is 17.3. The lowest BCUT2D eigenvalue weighted by Gasteiger charge is -2.23. The van der Waals surface area contributed by atoms with Crippen molar-refractivity contribution in [2.24, 2.45) is 0 Å². The summed E-state index contributed by atoms with van der Waals surface area (Å²) in [6.45, 7) is 5.54. The minimum atomic E-state index is -0.274. The van der Waals surface area contributed by atoms with E-state index in [0.717, 1.165) is 13.0 Å². The van der Waals surface area contributed by atoms with E-state index in [9.17, 15) is 9.59 Å². The van der Waals surface area contributed by atoms with Crippen LogP contribution in [0.4, 0.5) is 5.69 Å². The molecule has 1 aliphatic heterocycles. The maximum atomic E-state index is 12.7. The van der Waals surface area contributed by atoms with Crippen molar-refractivity contribution in [3.8, 4) is 0 Å². The van der Waals surface area contributed by atoms with E-state index in [4.69, 9.17) is 11.6 Å². The fraction of sp³-hybridized carbons (Fsp3) is 0.333. The van der Waals surface area contributed by atoms with Gasteiger partial charge in [0, 0.05) is 46.3 Å². The summed E-state index contributed by atoms with van der Waals surface area (Å²) in [5.41, 5.74) is 3.55. The van der Waals surface area contributed by atoms with Crippen LogP contribution in [0, 0.1) is 6.92 Å². The van der Waals surface area contributed by atoms with E-state index in [1.54, 1.807) is 25.1 Å². The van der Waals surface area contributed by atoms with Gasteiger partial charge in [0.05, 0.1) is 0 Å². The van der Waals surface area contributed by atoms with Gasteiger partial charge in [0.2, 0.25) is 0 Å². The van der Waals surface area contributed by atoms with Crippen LogP contribution < -0.4 is 15.6 Å². The average molecular weight is 424 g/mol. The molecule has 4 rings (SSSR count). The second-order valence-electron chi connectivity index (χ2n) is 8.00. The van der Waals surface area contributed by atoms with Gasteiger partial charge in [-0.25, -0.2) is 0 Å². The highest BCUT2D eigenvalue weighted by Gasteiger charge is 2.20. The molecule has 2 N–H and O–H groups in total. The Bertz CT molecular complexity index is 1140. The predicted octanol–water partition coefficient (Wildman–Crippen LogP) is 4.45. The molecule has 6 heteroatoms. The van der Waals surface area contributed by atoms with E-state index >= 15 is 0 Å². The minimum Gasteiger partial charge on any atom is -0.369 e. The van der Waals surface area contributed by atoms with Crippen molar-refractivity contribution in [3.63, 3.8) is 0 Å². The molecule has 1 saturated heterocycles. The van der Waals surface area contributed by atoms with Crippen LogP contribution in [-0.2, 0) is 6.42 Å². The van der Waals surface area contributed by atoms with E-state index in [0.29, 0.717) is 39.8 Å². The van der Waals surface area contributed by atoms with Gasteiger partial charge < -0.3 is 15.2 Å². The molecule has 2 heterocycles. The lowest BCUT2D eigenvalue weighted by Crippen LogP contribution is -2.29. The summed E-state index contributed by atoms with van der Waals surface area (Å²) < 4.78 is 0. The number of nitrogens with one attached hydrogen (secondary N) is 2. The number of carbonyl (C=O) groups is 1. The molecule has 1 fully saturated rings. The molecule has 0 bridgehead atoms. The van der Waals surface area contributed by atoms with Gasteiger partial charge in [-0.2, -0.15) is 0 Å². The number of amides is 1. The van der Waals surface area contributed by atoms with Gasteiger partial charge in [-0.05, 0) is 69.0 Å². The van der Waals surface area contributed by atoms with Crippen LogP contribution in [0.2, 0.25) is 5.02 Å². The first kappa shape index (κ1) is 20.5. The zero-order valence-corrected chi connectivity index (χ0v) is 18.1. The fourth-order valence-corrected chi connectivity index (χ4v) is 4.34. The van der Waals surface area contributed by atoms with Gasteiger partial charge in [0.15, 0.2) is 5.43 Å². The van der Waals surface area contributed by atoms with Crippen LogP contribution in [0.25, 0.3) is 10.9 Å². The van der Waals surface area contributed by atoms with Gasteiger partial charge in [0.25, 0.3) is 5.91 Å². The molecular weight excluding hydrogens is 398 g/mol. The van der Waals surface area contributed by atoms with Crippen molar-refractivity contribution in [3.05, 3.63) is 74.5 Å². The first-order valence-electron chi connectivity index (χ1n) is 10.4. The van der Waals surface area contributed by atoms with Gasteiger partial charge in [-0.15, -0.1) is 0 Å². The fourth-order valence-electron chi connectivity index (χ4n) is 4.16. The molecule has 1 aliphatic rings. The Morgan fingerprint density at radius 1 is 1.23 bits per heavy atom. The zero-order chi connectivity index (χ0) is 21.3. The van der Waals surface area contributed by atoms with Crippen molar-refractivity contribution < 1.29 is 4.79 Å². The Morgan fingerprint density at radius 2 is 2.00 bits per heavy atom. The highest BCUT2D eigenvalue weighted by atomic mass is 35.5. The molecule has 5 nitrogen and oxygen atoms in total. The van der Waals surface area contributed by atoms with E-state index in [2.05, 4.69) is 46.4 Å². The third-order valence-corrected chi connectivity index (χ3v) is 6.18. The molecule has 1 amide bonds. The maximum absolute atomic E-state index is 12.7. The number of pyridine rings is 1. The van der Waals surface area contributed by atoms with Crippen LogP contribution in [0.1, 0.15) is 41.4 Å². The molecule has 0 saturated carbocycles. The van der Waals surface area contributed by atoms with E-state index in [-0.39, 0.29) is 11.3 Å². The highest BCUT2D eigenvalue weighted by molar-refractivity contribution is 6.31. The first-order chi connectivity index (χ1) is 14.4. The summed E-state index contributed by atoms with van der Waals surface area (Å²) in [7, 11) is 0. The molecule has 0 aliphatic carbocycles. The van der Waals surface area contributed by atoms with Crippen LogP contribution in [0.5, 0.6) is 0 Å². The van der Waals surface area contributed by atoms with Crippen molar-refractivity contribution >= 4 is 34.1 Å². The molecule has 0 radical (unpaired) electrons. The number of halogens is 1. The van der Waals surface area contributed by atoms with E-state index in [1.807, 2.05) is 0 Å². The number of hydrogen-bond donors (Lipinski definition) is 2. The van der Waals surface area contributed by atoms with Gasteiger partial charge >= 0.3 is 0 Å². The average Bonchev–Trinajstić information content (AvgIpc) is 3.17. The quantitative estimate of drug-likeness (QED) is 0.637. The number of aromatic amines is 1. The molecule has 30 heavy (non-hydrogen) atoms. The Labute approximate surface area is 181 Å². The van der Waals surface area contributed by atoms with Crippen LogP contribution in [-0.4, -0.2) is 30.0 Å². The Balaban J connectivity index is 1.41. The Hall–Kier alpha value is -2.79. The lowest BCUT2D eigenvalue weighted by molar-refractivity contribution is 0.0948. The molecular formula is C24H26ClN3O2. The van der Waals surface area contributed by atoms with Crippen LogP contribution in [0.15, 0.2) is 47.3 Å².